The van der Waals surface area contributed by atoms with Crippen LogP contribution in [0.4, 0.5) is 39.5 Å². The first-order valence-corrected chi connectivity index (χ1v) is 13.9. The summed E-state index contributed by atoms with van der Waals surface area (Å²) in [7, 11) is 3.01. The fourth-order valence-corrected chi connectivity index (χ4v) is 4.33. The molecule has 0 spiro atoms. The van der Waals surface area contributed by atoms with Crippen molar-refractivity contribution in [3.63, 3.8) is 0 Å². The van der Waals surface area contributed by atoms with Gasteiger partial charge < -0.3 is 21.2 Å². The first kappa shape index (κ1) is 39.3. The fraction of sp³-hybridized carbons (Fsp3) is 0.517. The number of benzene rings is 2. The number of carboxylic acid groups (broad SMARTS) is 1. The average Bonchev–Trinajstić information content (AvgIpc) is 2.94. The molecule has 0 heterocycles. The normalized spacial score (nSPS) is 13.3. The molecule has 0 saturated carbocycles. The highest BCUT2D eigenvalue weighted by atomic mass is 19.4. The van der Waals surface area contributed by atoms with Crippen molar-refractivity contribution >= 4 is 11.9 Å². The third-order valence-electron chi connectivity index (χ3n) is 6.67. The van der Waals surface area contributed by atoms with Crippen LogP contribution in [0.25, 0.3) is 0 Å². The summed E-state index contributed by atoms with van der Waals surface area (Å²) in [6.45, 7) is 4.98. The van der Waals surface area contributed by atoms with Gasteiger partial charge in [0.2, 0.25) is 5.96 Å². The molecule has 0 bridgehead atoms. The van der Waals surface area contributed by atoms with Gasteiger partial charge in [-0.2, -0.15) is 39.5 Å². The van der Waals surface area contributed by atoms with Crippen molar-refractivity contribution in [2.45, 2.75) is 77.7 Å². The number of nitrogens with zero attached hydrogens (tertiary/aromatic N) is 3. The van der Waals surface area contributed by atoms with Crippen molar-refractivity contribution in [2.24, 2.45) is 10.8 Å². The van der Waals surface area contributed by atoms with Crippen molar-refractivity contribution < 1.29 is 49.4 Å². The van der Waals surface area contributed by atoms with Crippen molar-refractivity contribution in [1.29, 1.82) is 0 Å². The van der Waals surface area contributed by atoms with Gasteiger partial charge >= 0.3 is 24.5 Å². The molecule has 1 unspecified atom stereocenters. The fourth-order valence-electron chi connectivity index (χ4n) is 4.33. The monoisotopic (exact) mass is 659 g/mol. The Balaban J connectivity index is 0.00000496. The molecule has 16 heteroatoms. The van der Waals surface area contributed by atoms with Crippen LogP contribution in [-0.4, -0.2) is 47.5 Å². The van der Waals surface area contributed by atoms with Gasteiger partial charge in [0.15, 0.2) is 0 Å². The summed E-state index contributed by atoms with van der Waals surface area (Å²) in [5, 5.41) is 12.6. The zero-order valence-electron chi connectivity index (χ0n) is 25.5. The van der Waals surface area contributed by atoms with E-state index in [2.05, 4.69) is 10.5 Å². The van der Waals surface area contributed by atoms with Crippen LogP contribution in [0.3, 0.4) is 0 Å². The van der Waals surface area contributed by atoms with Gasteiger partial charge in [-0.25, -0.2) is 0 Å². The summed E-state index contributed by atoms with van der Waals surface area (Å²) in [5.41, 5.74) is 4.18. The molecule has 45 heavy (non-hydrogen) atoms. The van der Waals surface area contributed by atoms with Gasteiger partial charge in [-0.1, -0.05) is 19.9 Å². The maximum atomic E-state index is 13.7. The first-order valence-electron chi connectivity index (χ1n) is 13.9. The highest BCUT2D eigenvalue weighted by Crippen LogP contribution is 2.37. The number of guanidine groups is 1. The second-order valence-corrected chi connectivity index (χ2v) is 9.88. The second kappa shape index (κ2) is 16.6. The summed E-state index contributed by atoms with van der Waals surface area (Å²) < 4.78 is 122. The molecule has 0 aliphatic rings. The minimum absolute atomic E-state index is 0.0300. The first-order chi connectivity index (χ1) is 20.7. The van der Waals surface area contributed by atoms with E-state index >= 15 is 0 Å². The number of aliphatic carboxylic acids is 1. The van der Waals surface area contributed by atoms with E-state index in [-0.39, 0.29) is 18.1 Å². The number of nitrogens with two attached hydrogens (primary N) is 1. The molecule has 4 N–H and O–H groups in total. The Morgan fingerprint density at radius 2 is 1.42 bits per heavy atom. The molecular weight excluding hydrogens is 621 g/mol. The number of rotatable bonds is 12. The number of alkyl halides is 9. The Kier molecular flexibility index (Phi) is 14.5. The Morgan fingerprint density at radius 1 is 0.889 bits per heavy atom. The van der Waals surface area contributed by atoms with E-state index in [4.69, 9.17) is 10.8 Å². The van der Waals surface area contributed by atoms with Crippen LogP contribution in [-0.2, 0) is 36.4 Å². The number of hydrogen-bond donors (Lipinski definition) is 3. The van der Waals surface area contributed by atoms with Crippen LogP contribution in [0, 0.1) is 0 Å². The lowest BCUT2D eigenvalue weighted by atomic mass is 9.96. The molecule has 2 rings (SSSR count). The SMILES string of the molecule is CC.CN/N=C(\N)N(Cc1cc(C(F)(F)F)cc(C(F)(F)F)c1)Cc1cc(C(F)(F)F)ccc1C(C)N(C)CCCCC(=O)O. The van der Waals surface area contributed by atoms with E-state index < -0.39 is 71.8 Å². The number of nitrogens with one attached hydrogen (secondary N) is 1. The molecule has 1 atom stereocenters. The summed E-state index contributed by atoms with van der Waals surface area (Å²) >= 11 is 0. The lowest BCUT2D eigenvalue weighted by Crippen LogP contribution is -2.38. The predicted molar refractivity (Wildman–Crippen MR) is 152 cm³/mol. The number of unbranched alkanes of at least 4 members (excludes halogenated alkanes) is 1. The molecule has 7 nitrogen and oxygen atoms in total. The van der Waals surface area contributed by atoms with Gasteiger partial charge in [-0.3, -0.25) is 9.69 Å². The molecule has 0 aliphatic heterocycles. The molecule has 0 fully saturated rings. The summed E-state index contributed by atoms with van der Waals surface area (Å²) in [6.07, 6.45) is -14.2. The molecule has 0 aromatic heterocycles. The van der Waals surface area contributed by atoms with E-state index in [0.717, 1.165) is 17.0 Å². The Hall–Kier alpha value is -3.69. The van der Waals surface area contributed by atoms with E-state index in [1.54, 1.807) is 18.9 Å². The molecule has 0 aliphatic carbocycles. The van der Waals surface area contributed by atoms with Crippen molar-refractivity contribution in [1.82, 2.24) is 15.2 Å². The summed E-state index contributed by atoms with van der Waals surface area (Å²) in [6, 6.07) is 3.42. The molecule has 0 amide bonds. The number of carbonyl (C=O) groups is 1. The van der Waals surface area contributed by atoms with Crippen molar-refractivity contribution in [3.8, 4) is 0 Å². The number of carboxylic acids is 1. The Labute approximate surface area is 255 Å². The van der Waals surface area contributed by atoms with E-state index in [1.807, 2.05) is 13.8 Å². The zero-order chi connectivity index (χ0) is 34.8. The van der Waals surface area contributed by atoms with E-state index in [0.29, 0.717) is 37.1 Å². The molecule has 254 valence electrons. The maximum Gasteiger partial charge on any atom is 0.416 e. The van der Waals surface area contributed by atoms with Gasteiger partial charge in [0.25, 0.3) is 0 Å². The number of hydrazone groups is 1. The Bertz CT molecular complexity index is 1250. The van der Waals surface area contributed by atoms with Crippen molar-refractivity contribution in [2.75, 3.05) is 20.6 Å². The predicted octanol–water partition coefficient (Wildman–Crippen LogP) is 7.47. The number of halogens is 9. The van der Waals surface area contributed by atoms with Crippen LogP contribution in [0.1, 0.15) is 79.5 Å². The second-order valence-electron chi connectivity index (χ2n) is 9.88. The standard InChI is InChI=1S/C27H32F9N5O2.C2H6/c1-16(40(3)9-5-4-6-23(42)43)22-8-7-19(25(28,29)30)12-18(22)15-41(24(37)39-38-2)14-17-10-20(26(31,32)33)13-21(11-17)27(34,35)36;1-2/h7-8,10-13,16,38H,4-6,9,14-15H2,1-3H3,(H2,37,39)(H,42,43);1-2H3. The van der Waals surface area contributed by atoms with E-state index in [9.17, 15) is 44.3 Å². The topological polar surface area (TPSA) is 94.2 Å². The highest BCUT2D eigenvalue weighted by Gasteiger charge is 2.37. The number of hydrogen-bond acceptors (Lipinski definition) is 4. The van der Waals surface area contributed by atoms with E-state index in [1.165, 1.54) is 13.1 Å². The van der Waals surface area contributed by atoms with Gasteiger partial charge in [-0.15, -0.1) is 5.10 Å². The lowest BCUT2D eigenvalue weighted by Gasteiger charge is -2.30. The largest absolute Gasteiger partial charge is 0.481 e. The maximum absolute atomic E-state index is 13.7. The van der Waals surface area contributed by atoms with Crippen LogP contribution >= 0.6 is 0 Å². The lowest BCUT2D eigenvalue weighted by molar-refractivity contribution is -0.143. The third kappa shape index (κ3) is 12.3. The van der Waals surface area contributed by atoms with Crippen LogP contribution in [0.15, 0.2) is 41.5 Å². The Morgan fingerprint density at radius 3 is 1.89 bits per heavy atom. The van der Waals surface area contributed by atoms with Gasteiger partial charge in [0.1, 0.15) is 0 Å². The van der Waals surface area contributed by atoms with Crippen LogP contribution in [0.2, 0.25) is 0 Å². The summed E-state index contributed by atoms with van der Waals surface area (Å²) in [5.74, 6) is -1.36. The van der Waals surface area contributed by atoms with Gasteiger partial charge in [0, 0.05) is 32.6 Å². The van der Waals surface area contributed by atoms with Gasteiger partial charge in [-0.05, 0) is 80.4 Å². The quantitative estimate of drug-likeness (QED) is 0.0720. The minimum Gasteiger partial charge on any atom is -0.481 e. The molecule has 2 aromatic carbocycles. The average molecular weight is 660 g/mol. The molecular formula is C29H38F9N5O2. The van der Waals surface area contributed by atoms with Crippen LogP contribution < -0.4 is 11.2 Å². The van der Waals surface area contributed by atoms with Crippen molar-refractivity contribution in [3.05, 3.63) is 69.8 Å². The van der Waals surface area contributed by atoms with Gasteiger partial charge in [0.05, 0.1) is 16.7 Å². The highest BCUT2D eigenvalue weighted by molar-refractivity contribution is 5.78. The smallest absolute Gasteiger partial charge is 0.416 e. The van der Waals surface area contributed by atoms with Crippen LogP contribution in [0.5, 0.6) is 0 Å². The zero-order valence-corrected chi connectivity index (χ0v) is 25.5. The molecule has 2 aromatic rings. The summed E-state index contributed by atoms with van der Waals surface area (Å²) in [4.78, 5) is 13.6. The third-order valence-corrected chi connectivity index (χ3v) is 6.67. The minimum atomic E-state index is -5.11. The molecule has 0 saturated heterocycles. The molecule has 0 radical (unpaired) electrons.